The van der Waals surface area contributed by atoms with Crippen LogP contribution in [0.3, 0.4) is 0 Å². The molecule has 1 heterocycles. The van der Waals surface area contributed by atoms with Gasteiger partial charge in [-0.05, 0) is 62.4 Å². The summed E-state index contributed by atoms with van der Waals surface area (Å²) in [5.41, 5.74) is 6.98. The fraction of sp³-hybridized carbons (Fsp3) is 0.111. The number of fused-ring (bicyclic) bond motifs is 2. The van der Waals surface area contributed by atoms with E-state index < -0.39 is 0 Å². The molecule has 4 heteroatoms. The normalized spacial score (nSPS) is 12.0. The van der Waals surface area contributed by atoms with Crippen LogP contribution in [0.25, 0.3) is 28.1 Å². The molecular formula is C27H24N4. The molecule has 0 saturated carbocycles. The van der Waals surface area contributed by atoms with Crippen molar-refractivity contribution in [3.05, 3.63) is 102 Å². The van der Waals surface area contributed by atoms with E-state index in [1.165, 1.54) is 0 Å². The third-order valence-corrected chi connectivity index (χ3v) is 5.16. The molecule has 5 rings (SSSR count). The average Bonchev–Trinajstić information content (AvgIpc) is 2.79. The topological polar surface area (TPSA) is 42.2 Å². The molecule has 0 atom stereocenters. The Morgan fingerprint density at radius 3 is 2.23 bits per heavy atom. The summed E-state index contributed by atoms with van der Waals surface area (Å²) in [5.74, 6) is 0. The van der Waals surface area contributed by atoms with E-state index in [-0.39, 0.29) is 6.04 Å². The minimum atomic E-state index is 0.281. The lowest BCUT2D eigenvalue weighted by Crippen LogP contribution is -2.20. The Labute approximate surface area is 181 Å². The van der Waals surface area contributed by atoms with E-state index in [0.29, 0.717) is 0 Å². The van der Waals surface area contributed by atoms with Gasteiger partial charge in [-0.15, -0.1) is 0 Å². The summed E-state index contributed by atoms with van der Waals surface area (Å²) < 4.78 is 2.26. The number of anilines is 1. The Bertz CT molecular complexity index is 1370. The lowest BCUT2D eigenvalue weighted by atomic mass is 10.1. The van der Waals surface area contributed by atoms with Crippen LogP contribution in [0.1, 0.15) is 13.8 Å². The molecule has 3 aromatic rings. The Balaban J connectivity index is 1.88. The summed E-state index contributed by atoms with van der Waals surface area (Å²) in [6, 6.07) is 33.3. The first-order chi connectivity index (χ1) is 15.2. The summed E-state index contributed by atoms with van der Waals surface area (Å²) in [4.78, 5) is 9.93. The van der Waals surface area contributed by atoms with Crippen LogP contribution in [0.2, 0.25) is 0 Å². The minimum Gasteiger partial charge on any atom is -0.381 e. The minimum absolute atomic E-state index is 0.281. The molecule has 0 unspecified atom stereocenters. The number of aromatic nitrogens is 2. The summed E-state index contributed by atoms with van der Waals surface area (Å²) in [7, 11) is 0. The second-order valence-corrected chi connectivity index (χ2v) is 7.88. The van der Waals surface area contributed by atoms with E-state index in [0.717, 1.165) is 44.8 Å². The molecular weight excluding hydrogens is 380 g/mol. The molecule has 1 aliphatic heterocycles. The van der Waals surface area contributed by atoms with Crippen LogP contribution in [0, 0.1) is 0 Å². The fourth-order valence-electron chi connectivity index (χ4n) is 3.86. The summed E-state index contributed by atoms with van der Waals surface area (Å²) >= 11 is 0. The summed E-state index contributed by atoms with van der Waals surface area (Å²) in [5, 5.41) is 4.45. The Morgan fingerprint density at radius 2 is 1.48 bits per heavy atom. The first-order valence-electron chi connectivity index (χ1n) is 10.6. The van der Waals surface area contributed by atoms with Crippen LogP contribution in [0.15, 0.2) is 102 Å². The maximum Gasteiger partial charge on any atom is 0.0900 e. The zero-order chi connectivity index (χ0) is 21.2. The van der Waals surface area contributed by atoms with E-state index >= 15 is 0 Å². The molecule has 0 spiro atoms. The van der Waals surface area contributed by atoms with Gasteiger partial charge in [0.15, 0.2) is 0 Å². The molecule has 152 valence electrons. The smallest absolute Gasteiger partial charge is 0.0900 e. The number of hydrogen-bond donors (Lipinski definition) is 1. The lowest BCUT2D eigenvalue weighted by molar-refractivity contribution is 0.895. The molecule has 0 radical (unpaired) electrons. The van der Waals surface area contributed by atoms with Crippen LogP contribution in [-0.2, 0) is 0 Å². The van der Waals surface area contributed by atoms with E-state index in [4.69, 9.17) is 9.98 Å². The maximum absolute atomic E-state index is 4.98. The van der Waals surface area contributed by atoms with Gasteiger partial charge in [0.25, 0.3) is 0 Å². The van der Waals surface area contributed by atoms with Crippen molar-refractivity contribution in [3.63, 3.8) is 0 Å². The van der Waals surface area contributed by atoms with Crippen molar-refractivity contribution in [1.29, 1.82) is 0 Å². The second kappa shape index (κ2) is 8.07. The molecule has 0 saturated heterocycles. The number of benzene rings is 4. The van der Waals surface area contributed by atoms with E-state index in [2.05, 4.69) is 78.3 Å². The molecule has 4 nitrogen and oxygen atoms in total. The second-order valence-electron chi connectivity index (χ2n) is 7.88. The van der Waals surface area contributed by atoms with Gasteiger partial charge in [0.2, 0.25) is 0 Å². The van der Waals surface area contributed by atoms with Crippen LogP contribution < -0.4 is 10.7 Å². The van der Waals surface area contributed by atoms with Crippen molar-refractivity contribution in [3.8, 4) is 17.1 Å². The Kier molecular flexibility index (Phi) is 4.97. The van der Waals surface area contributed by atoms with Gasteiger partial charge in [-0.25, -0.2) is 9.98 Å². The quantitative estimate of drug-likeness (QED) is 0.363. The van der Waals surface area contributed by atoms with Crippen molar-refractivity contribution < 1.29 is 0 Å². The fourth-order valence-corrected chi connectivity index (χ4v) is 3.86. The van der Waals surface area contributed by atoms with Crippen molar-refractivity contribution >= 4 is 22.4 Å². The monoisotopic (exact) mass is 404 g/mol. The van der Waals surface area contributed by atoms with E-state index in [9.17, 15) is 0 Å². The van der Waals surface area contributed by atoms with Crippen LogP contribution >= 0.6 is 0 Å². The van der Waals surface area contributed by atoms with Gasteiger partial charge in [-0.3, -0.25) is 0 Å². The number of para-hydroxylation sites is 4. The number of hydrogen-bond acceptors (Lipinski definition) is 3. The van der Waals surface area contributed by atoms with Crippen molar-refractivity contribution in [1.82, 2.24) is 9.55 Å². The molecule has 31 heavy (non-hydrogen) atoms. The highest BCUT2D eigenvalue weighted by Gasteiger charge is 2.16. The third-order valence-electron chi connectivity index (χ3n) is 5.16. The third kappa shape index (κ3) is 3.80. The molecule has 1 aliphatic carbocycles. The Hall–Kier alpha value is -3.92. The van der Waals surface area contributed by atoms with Gasteiger partial charge in [0.1, 0.15) is 0 Å². The molecule has 1 N–H and O–H groups in total. The van der Waals surface area contributed by atoms with Crippen LogP contribution in [-0.4, -0.2) is 15.6 Å². The number of rotatable bonds is 4. The SMILES string of the molecule is CC(C)Nc1cc2nc3ccccc3n(-c3ccccc3)c-2cc1=Nc1ccccc1. The van der Waals surface area contributed by atoms with Gasteiger partial charge in [0, 0.05) is 11.7 Å². The first kappa shape index (κ1) is 19.1. The van der Waals surface area contributed by atoms with Crippen LogP contribution in [0.4, 0.5) is 11.4 Å². The summed E-state index contributed by atoms with van der Waals surface area (Å²) in [6.07, 6.45) is 0. The average molecular weight is 405 g/mol. The van der Waals surface area contributed by atoms with Gasteiger partial charge in [-0.2, -0.15) is 0 Å². The number of nitrogens with zero attached hydrogens (tertiary/aromatic N) is 3. The molecule has 0 fully saturated rings. The highest BCUT2D eigenvalue weighted by molar-refractivity contribution is 5.83. The van der Waals surface area contributed by atoms with Gasteiger partial charge < -0.3 is 9.88 Å². The largest absolute Gasteiger partial charge is 0.381 e. The lowest BCUT2D eigenvalue weighted by Gasteiger charge is -2.20. The predicted molar refractivity (Wildman–Crippen MR) is 128 cm³/mol. The van der Waals surface area contributed by atoms with E-state index in [1.54, 1.807) is 0 Å². The van der Waals surface area contributed by atoms with Gasteiger partial charge >= 0.3 is 0 Å². The molecule has 0 aromatic heterocycles. The molecule has 3 aromatic carbocycles. The zero-order valence-electron chi connectivity index (χ0n) is 17.7. The highest BCUT2D eigenvalue weighted by atomic mass is 15.0. The predicted octanol–water partition coefficient (Wildman–Crippen LogP) is 6.18. The number of nitrogens with one attached hydrogen (secondary N) is 1. The van der Waals surface area contributed by atoms with Crippen molar-refractivity contribution in [2.24, 2.45) is 4.99 Å². The standard InChI is InChI=1S/C27H24N4/c1-19(2)28-23-17-25-27(18-24(23)29-20-11-5-3-6-12-20)31(21-13-7-4-8-14-21)26-16-10-9-15-22(26)30-25/h3-19,28H,1-2H3. The van der Waals surface area contributed by atoms with E-state index in [1.807, 2.05) is 42.5 Å². The molecule has 0 bridgehead atoms. The Morgan fingerprint density at radius 1 is 0.806 bits per heavy atom. The van der Waals surface area contributed by atoms with Gasteiger partial charge in [0.05, 0.1) is 39.2 Å². The van der Waals surface area contributed by atoms with Gasteiger partial charge in [-0.1, -0.05) is 48.5 Å². The molecule has 2 aliphatic rings. The highest BCUT2D eigenvalue weighted by Crippen LogP contribution is 2.30. The molecule has 0 amide bonds. The van der Waals surface area contributed by atoms with Crippen molar-refractivity contribution in [2.75, 3.05) is 5.32 Å². The zero-order valence-corrected chi connectivity index (χ0v) is 17.7. The van der Waals surface area contributed by atoms with Crippen LogP contribution in [0.5, 0.6) is 0 Å². The summed E-state index contributed by atoms with van der Waals surface area (Å²) in [6.45, 7) is 4.27. The van der Waals surface area contributed by atoms with Crippen molar-refractivity contribution in [2.45, 2.75) is 19.9 Å². The first-order valence-corrected chi connectivity index (χ1v) is 10.6. The maximum atomic E-state index is 4.98.